The fraction of sp³-hybridized carbons (Fsp3) is 0.156. The molecule has 1 heterocycles. The van der Waals surface area contributed by atoms with Crippen LogP contribution in [0.25, 0.3) is 16.8 Å². The van der Waals surface area contributed by atoms with E-state index in [4.69, 9.17) is 25.8 Å². The van der Waals surface area contributed by atoms with Gasteiger partial charge in [-0.3, -0.25) is 9.59 Å². The van der Waals surface area contributed by atoms with Gasteiger partial charge in [-0.1, -0.05) is 66.2 Å². The Hall–Kier alpha value is -5.02. The van der Waals surface area contributed by atoms with Gasteiger partial charge >= 0.3 is 6.03 Å². The van der Waals surface area contributed by atoms with E-state index in [0.29, 0.717) is 35.1 Å². The second-order valence-corrected chi connectivity index (χ2v) is 9.73. The molecule has 4 amide bonds. The lowest BCUT2D eigenvalue weighted by Gasteiger charge is -2.15. The Morgan fingerprint density at radius 2 is 1.74 bits per heavy atom. The van der Waals surface area contributed by atoms with E-state index in [1.807, 2.05) is 49.4 Å². The van der Waals surface area contributed by atoms with Crippen molar-refractivity contribution in [3.63, 3.8) is 0 Å². The number of hydrogen-bond acceptors (Lipinski definition) is 6. The number of urea groups is 1. The van der Waals surface area contributed by atoms with Crippen LogP contribution in [0.4, 0.5) is 10.5 Å². The van der Waals surface area contributed by atoms with Crippen molar-refractivity contribution in [3.05, 3.63) is 101 Å². The molecule has 0 saturated carbocycles. The highest BCUT2D eigenvalue weighted by Gasteiger charge is 2.35. The molecule has 9 nitrogen and oxygen atoms in total. The summed E-state index contributed by atoms with van der Waals surface area (Å²) in [7, 11) is 1.48. The molecular formula is C32H28ClN3O6. The van der Waals surface area contributed by atoms with E-state index in [2.05, 4.69) is 10.6 Å². The number of imide groups is 1. The summed E-state index contributed by atoms with van der Waals surface area (Å²) in [5.74, 6) is 0.00116. The number of ether oxygens (including phenoxy) is 3. The molecule has 1 saturated heterocycles. The molecule has 1 fully saturated rings. The maximum absolute atomic E-state index is 13.0. The van der Waals surface area contributed by atoms with E-state index in [1.54, 1.807) is 36.4 Å². The molecule has 214 valence electrons. The summed E-state index contributed by atoms with van der Waals surface area (Å²) in [6.07, 6.45) is 1.47. The van der Waals surface area contributed by atoms with E-state index in [9.17, 15) is 14.4 Å². The quantitative estimate of drug-likeness (QED) is 0.174. The Balaban J connectivity index is 1.32. The fourth-order valence-corrected chi connectivity index (χ4v) is 4.88. The average Bonchev–Trinajstić information content (AvgIpc) is 3.24. The number of carbonyl (C=O) groups excluding carboxylic acids is 3. The minimum atomic E-state index is -0.715. The van der Waals surface area contributed by atoms with Gasteiger partial charge in [0.15, 0.2) is 11.5 Å². The topological polar surface area (TPSA) is 106 Å². The highest BCUT2D eigenvalue weighted by Crippen LogP contribution is 2.38. The minimum absolute atomic E-state index is 0.00645. The van der Waals surface area contributed by atoms with E-state index in [-0.39, 0.29) is 17.3 Å². The van der Waals surface area contributed by atoms with E-state index in [1.165, 1.54) is 13.2 Å². The van der Waals surface area contributed by atoms with Crippen molar-refractivity contribution < 1.29 is 28.6 Å². The molecular weight excluding hydrogens is 558 g/mol. The largest absolute Gasteiger partial charge is 0.495 e. The zero-order valence-corrected chi connectivity index (χ0v) is 23.7. The number of anilines is 1. The Morgan fingerprint density at radius 1 is 0.976 bits per heavy atom. The van der Waals surface area contributed by atoms with E-state index in [0.717, 1.165) is 21.2 Å². The van der Waals surface area contributed by atoms with Crippen LogP contribution in [0.5, 0.6) is 17.2 Å². The number of fused-ring (bicyclic) bond motifs is 1. The molecule has 1 aliphatic rings. The third-order valence-corrected chi connectivity index (χ3v) is 6.82. The molecule has 5 rings (SSSR count). The van der Waals surface area contributed by atoms with Crippen molar-refractivity contribution in [3.8, 4) is 17.2 Å². The Bertz CT molecular complexity index is 1700. The molecule has 0 bridgehead atoms. The van der Waals surface area contributed by atoms with Gasteiger partial charge in [0.1, 0.15) is 24.6 Å². The number of benzene rings is 4. The second-order valence-electron chi connectivity index (χ2n) is 9.32. The summed E-state index contributed by atoms with van der Waals surface area (Å²) in [4.78, 5) is 39.1. The van der Waals surface area contributed by atoms with Crippen LogP contribution in [0.1, 0.15) is 18.1 Å². The van der Waals surface area contributed by atoms with E-state index >= 15 is 0 Å². The number of nitrogens with zero attached hydrogens (tertiary/aromatic N) is 1. The average molecular weight is 586 g/mol. The van der Waals surface area contributed by atoms with Gasteiger partial charge < -0.3 is 24.8 Å². The maximum Gasteiger partial charge on any atom is 0.329 e. The predicted molar refractivity (Wildman–Crippen MR) is 161 cm³/mol. The van der Waals surface area contributed by atoms with Crippen LogP contribution in [0.3, 0.4) is 0 Å². The van der Waals surface area contributed by atoms with Crippen LogP contribution in [-0.4, -0.2) is 43.0 Å². The van der Waals surface area contributed by atoms with Gasteiger partial charge in [0, 0.05) is 0 Å². The fourth-order valence-electron chi connectivity index (χ4n) is 4.61. The number of rotatable bonds is 10. The molecule has 0 aliphatic carbocycles. The lowest BCUT2D eigenvalue weighted by molar-refractivity contribution is -0.127. The zero-order valence-electron chi connectivity index (χ0n) is 23.0. The lowest BCUT2D eigenvalue weighted by atomic mass is 10.1. The first-order valence-corrected chi connectivity index (χ1v) is 13.6. The van der Waals surface area contributed by atoms with Crippen molar-refractivity contribution in [2.75, 3.05) is 25.6 Å². The van der Waals surface area contributed by atoms with Crippen molar-refractivity contribution in [1.29, 1.82) is 0 Å². The molecule has 0 spiro atoms. The first-order chi connectivity index (χ1) is 20.4. The summed E-state index contributed by atoms with van der Waals surface area (Å²) in [5.41, 5.74) is 1.92. The number of hydrogen-bond donors (Lipinski definition) is 2. The molecule has 10 heteroatoms. The van der Waals surface area contributed by atoms with Crippen LogP contribution >= 0.6 is 11.6 Å². The monoisotopic (exact) mass is 585 g/mol. The molecule has 2 N–H and O–H groups in total. The van der Waals surface area contributed by atoms with Gasteiger partial charge in [-0.15, -0.1) is 0 Å². The van der Waals surface area contributed by atoms with Gasteiger partial charge in [0.05, 0.1) is 24.4 Å². The van der Waals surface area contributed by atoms with Gasteiger partial charge in [0.2, 0.25) is 5.91 Å². The van der Waals surface area contributed by atoms with Crippen LogP contribution in [0, 0.1) is 0 Å². The normalized spacial score (nSPS) is 13.8. The number of para-hydroxylation sites is 2. The summed E-state index contributed by atoms with van der Waals surface area (Å²) >= 11 is 6.62. The Labute approximate surface area is 247 Å². The number of carbonyl (C=O) groups is 3. The van der Waals surface area contributed by atoms with Crippen molar-refractivity contribution in [2.24, 2.45) is 0 Å². The SMILES string of the molecule is CCOc1cc(/C=C2/NC(=O)N(CC(=O)Nc3ccccc3OC)C2=O)cc(Cl)c1OCc1cccc2ccccc12. The molecule has 4 aromatic carbocycles. The Kier molecular flexibility index (Phi) is 8.59. The predicted octanol–water partition coefficient (Wildman–Crippen LogP) is 6.01. The summed E-state index contributed by atoms with van der Waals surface area (Å²) in [6.45, 7) is 1.97. The smallest absolute Gasteiger partial charge is 0.329 e. The highest BCUT2D eigenvalue weighted by molar-refractivity contribution is 6.32. The standard InChI is InChI=1S/C32H28ClN3O6/c1-3-41-28-17-20(15-24(33)30(28)42-19-22-11-8-10-21-9-4-5-12-23(21)22)16-26-31(38)36(32(39)35-26)18-29(37)34-25-13-6-7-14-27(25)40-2/h4-17H,3,18-19H2,1-2H3,(H,34,37)(H,35,39)/b26-16+. The summed E-state index contributed by atoms with van der Waals surface area (Å²) in [6, 6.07) is 23.4. The number of halogens is 1. The zero-order chi connectivity index (χ0) is 29.6. The van der Waals surface area contributed by atoms with Crippen molar-refractivity contribution in [2.45, 2.75) is 13.5 Å². The van der Waals surface area contributed by atoms with Gasteiger partial charge in [-0.2, -0.15) is 0 Å². The Morgan fingerprint density at radius 3 is 2.55 bits per heavy atom. The molecule has 0 atom stereocenters. The summed E-state index contributed by atoms with van der Waals surface area (Å²) in [5, 5.41) is 7.63. The second kappa shape index (κ2) is 12.7. The van der Waals surface area contributed by atoms with Gasteiger partial charge in [0.25, 0.3) is 5.91 Å². The van der Waals surface area contributed by atoms with Crippen LogP contribution in [0.2, 0.25) is 5.02 Å². The highest BCUT2D eigenvalue weighted by atomic mass is 35.5. The molecule has 0 unspecified atom stereocenters. The molecule has 0 aromatic heterocycles. The number of amides is 4. The van der Waals surface area contributed by atoms with Gasteiger partial charge in [-0.05, 0) is 59.2 Å². The minimum Gasteiger partial charge on any atom is -0.495 e. The molecule has 42 heavy (non-hydrogen) atoms. The first kappa shape index (κ1) is 28.5. The third-order valence-electron chi connectivity index (χ3n) is 6.54. The van der Waals surface area contributed by atoms with Crippen molar-refractivity contribution >= 4 is 52.0 Å². The van der Waals surface area contributed by atoms with Crippen LogP contribution in [-0.2, 0) is 16.2 Å². The maximum atomic E-state index is 13.0. The van der Waals surface area contributed by atoms with Crippen LogP contribution in [0.15, 0.2) is 84.6 Å². The van der Waals surface area contributed by atoms with Crippen LogP contribution < -0.4 is 24.8 Å². The molecule has 4 aromatic rings. The summed E-state index contributed by atoms with van der Waals surface area (Å²) < 4.78 is 17.2. The molecule has 0 radical (unpaired) electrons. The number of nitrogens with one attached hydrogen (secondary N) is 2. The van der Waals surface area contributed by atoms with E-state index < -0.39 is 24.4 Å². The lowest BCUT2D eigenvalue weighted by Crippen LogP contribution is -2.38. The molecule has 1 aliphatic heterocycles. The first-order valence-electron chi connectivity index (χ1n) is 13.2. The number of methoxy groups -OCH3 is 1. The third kappa shape index (κ3) is 6.16. The van der Waals surface area contributed by atoms with Gasteiger partial charge in [-0.25, -0.2) is 9.69 Å². The van der Waals surface area contributed by atoms with Crippen molar-refractivity contribution in [1.82, 2.24) is 10.2 Å².